The highest BCUT2D eigenvalue weighted by Gasteiger charge is 2.41. The number of carboxylic acids is 1. The standard InChI is InChI=1S/C15H24O3S/c1-3-4-5-6-7-8-9-10-12-13(14(16)17)11(2)15(18)19-12/h12-13H,2-10H2,1H3,(H,16,17)/t12-,13+/m0/s1. The first kappa shape index (κ1) is 16.3. The van der Waals surface area contributed by atoms with E-state index in [1.165, 1.54) is 32.1 Å². The van der Waals surface area contributed by atoms with Crippen molar-refractivity contribution in [3.05, 3.63) is 12.2 Å². The smallest absolute Gasteiger partial charge is 0.312 e. The maximum absolute atomic E-state index is 11.5. The summed E-state index contributed by atoms with van der Waals surface area (Å²) in [6, 6.07) is 0. The van der Waals surface area contributed by atoms with Crippen LogP contribution in [0.1, 0.15) is 58.3 Å². The molecule has 0 spiro atoms. The van der Waals surface area contributed by atoms with E-state index in [2.05, 4.69) is 13.5 Å². The fraction of sp³-hybridized carbons (Fsp3) is 0.733. The van der Waals surface area contributed by atoms with E-state index < -0.39 is 11.9 Å². The maximum Gasteiger partial charge on any atom is 0.312 e. The third-order valence-corrected chi connectivity index (χ3v) is 4.91. The van der Waals surface area contributed by atoms with E-state index in [1.807, 2.05) is 0 Å². The van der Waals surface area contributed by atoms with Crippen molar-refractivity contribution in [2.45, 2.75) is 63.5 Å². The normalized spacial score (nSPS) is 23.0. The zero-order valence-electron chi connectivity index (χ0n) is 11.7. The largest absolute Gasteiger partial charge is 0.481 e. The maximum atomic E-state index is 11.5. The van der Waals surface area contributed by atoms with Crippen molar-refractivity contribution < 1.29 is 14.7 Å². The minimum absolute atomic E-state index is 0.104. The first-order valence-corrected chi connectivity index (χ1v) is 8.08. The van der Waals surface area contributed by atoms with Crippen LogP contribution in [0.2, 0.25) is 0 Å². The van der Waals surface area contributed by atoms with Crippen LogP contribution < -0.4 is 0 Å². The lowest BCUT2D eigenvalue weighted by molar-refractivity contribution is -0.140. The minimum Gasteiger partial charge on any atom is -0.481 e. The highest BCUT2D eigenvalue weighted by atomic mass is 32.2. The van der Waals surface area contributed by atoms with Crippen LogP contribution in [0.4, 0.5) is 0 Å². The van der Waals surface area contributed by atoms with Crippen LogP contribution in [0.25, 0.3) is 0 Å². The predicted octanol–water partition coefficient (Wildman–Crippen LogP) is 4.03. The molecular weight excluding hydrogens is 260 g/mol. The molecule has 0 aromatic carbocycles. The number of unbranched alkanes of at least 4 members (excludes halogenated alkanes) is 6. The molecule has 0 bridgehead atoms. The molecule has 0 aromatic rings. The first-order valence-electron chi connectivity index (χ1n) is 7.20. The fourth-order valence-corrected chi connectivity index (χ4v) is 3.72. The number of carbonyl (C=O) groups excluding carboxylic acids is 1. The van der Waals surface area contributed by atoms with Gasteiger partial charge in [0.2, 0.25) is 5.12 Å². The average molecular weight is 284 g/mol. The zero-order valence-corrected chi connectivity index (χ0v) is 12.5. The molecule has 1 fully saturated rings. The van der Waals surface area contributed by atoms with E-state index in [9.17, 15) is 9.59 Å². The van der Waals surface area contributed by atoms with Crippen LogP contribution in [0.3, 0.4) is 0 Å². The molecule has 0 radical (unpaired) electrons. The fourth-order valence-electron chi connectivity index (χ4n) is 2.47. The predicted molar refractivity (Wildman–Crippen MR) is 79.3 cm³/mol. The number of carbonyl (C=O) groups is 2. The number of aliphatic carboxylic acids is 1. The van der Waals surface area contributed by atoms with Crippen LogP contribution in [-0.2, 0) is 9.59 Å². The number of thioether (sulfide) groups is 1. The van der Waals surface area contributed by atoms with Gasteiger partial charge in [0.25, 0.3) is 0 Å². The van der Waals surface area contributed by atoms with E-state index in [4.69, 9.17) is 5.11 Å². The summed E-state index contributed by atoms with van der Waals surface area (Å²) < 4.78 is 0. The molecule has 108 valence electrons. The third kappa shape index (κ3) is 5.01. The molecule has 4 heteroatoms. The van der Waals surface area contributed by atoms with E-state index >= 15 is 0 Å². The average Bonchev–Trinajstić information content (AvgIpc) is 2.64. The number of carboxylic acid groups (broad SMARTS) is 1. The SMILES string of the molecule is C=C1C(=O)S[C@@H](CCCCCCCCC)[C@@H]1C(=O)O. The molecule has 1 heterocycles. The van der Waals surface area contributed by atoms with Gasteiger partial charge in [-0.15, -0.1) is 0 Å². The molecule has 0 saturated carbocycles. The van der Waals surface area contributed by atoms with Crippen molar-refractivity contribution in [1.29, 1.82) is 0 Å². The summed E-state index contributed by atoms with van der Waals surface area (Å²) in [6.07, 6.45) is 9.27. The highest BCUT2D eigenvalue weighted by Crippen LogP contribution is 2.40. The lowest BCUT2D eigenvalue weighted by Crippen LogP contribution is -2.22. The second-order valence-electron chi connectivity index (χ2n) is 5.19. The quantitative estimate of drug-likeness (QED) is 0.513. The summed E-state index contributed by atoms with van der Waals surface area (Å²) in [5, 5.41) is 8.90. The molecule has 0 aromatic heterocycles. The molecule has 1 aliphatic rings. The van der Waals surface area contributed by atoms with Crippen LogP contribution in [0, 0.1) is 5.92 Å². The van der Waals surface area contributed by atoms with Gasteiger partial charge < -0.3 is 5.11 Å². The van der Waals surface area contributed by atoms with Gasteiger partial charge in [0.15, 0.2) is 0 Å². The lowest BCUT2D eigenvalue weighted by atomic mass is 9.94. The van der Waals surface area contributed by atoms with Gasteiger partial charge in [-0.3, -0.25) is 9.59 Å². The van der Waals surface area contributed by atoms with E-state index in [0.717, 1.165) is 31.0 Å². The van der Waals surface area contributed by atoms with Gasteiger partial charge in [-0.25, -0.2) is 0 Å². The van der Waals surface area contributed by atoms with Gasteiger partial charge in [0.05, 0.1) is 5.92 Å². The molecule has 0 unspecified atom stereocenters. The van der Waals surface area contributed by atoms with Crippen LogP contribution in [0.15, 0.2) is 12.2 Å². The van der Waals surface area contributed by atoms with E-state index in [1.54, 1.807) is 0 Å². The van der Waals surface area contributed by atoms with E-state index in [0.29, 0.717) is 0 Å². The van der Waals surface area contributed by atoms with Gasteiger partial charge in [-0.1, -0.05) is 70.2 Å². The van der Waals surface area contributed by atoms with Gasteiger partial charge in [-0.2, -0.15) is 0 Å². The summed E-state index contributed by atoms with van der Waals surface area (Å²) in [7, 11) is 0. The summed E-state index contributed by atoms with van der Waals surface area (Å²) in [4.78, 5) is 22.7. The van der Waals surface area contributed by atoms with Crippen molar-refractivity contribution in [2.24, 2.45) is 5.92 Å². The Bertz CT molecular complexity index is 338. The molecule has 1 saturated heterocycles. The molecule has 1 N–H and O–H groups in total. The third-order valence-electron chi connectivity index (χ3n) is 3.63. The highest BCUT2D eigenvalue weighted by molar-refractivity contribution is 8.15. The van der Waals surface area contributed by atoms with Crippen molar-refractivity contribution >= 4 is 22.8 Å². The van der Waals surface area contributed by atoms with Gasteiger partial charge in [-0.05, 0) is 6.42 Å². The molecule has 19 heavy (non-hydrogen) atoms. The molecule has 1 rings (SSSR count). The van der Waals surface area contributed by atoms with Crippen molar-refractivity contribution in [3.8, 4) is 0 Å². The molecular formula is C15H24O3S. The second-order valence-corrected chi connectivity index (χ2v) is 6.41. The van der Waals surface area contributed by atoms with E-state index in [-0.39, 0.29) is 15.9 Å². The monoisotopic (exact) mass is 284 g/mol. The van der Waals surface area contributed by atoms with Crippen LogP contribution in [-0.4, -0.2) is 21.4 Å². The topological polar surface area (TPSA) is 54.4 Å². The van der Waals surface area contributed by atoms with Crippen molar-refractivity contribution in [1.82, 2.24) is 0 Å². The summed E-state index contributed by atoms with van der Waals surface area (Å²) in [6.45, 7) is 5.82. The first-order chi connectivity index (χ1) is 9.07. The van der Waals surface area contributed by atoms with Gasteiger partial charge in [0, 0.05) is 10.8 Å². The molecule has 2 atom stereocenters. The Balaban J connectivity index is 2.23. The number of hydrogen-bond acceptors (Lipinski definition) is 3. The van der Waals surface area contributed by atoms with Gasteiger partial charge in [0.1, 0.15) is 0 Å². The molecule has 3 nitrogen and oxygen atoms in total. The number of rotatable bonds is 9. The van der Waals surface area contributed by atoms with Crippen molar-refractivity contribution in [3.63, 3.8) is 0 Å². The molecule has 0 amide bonds. The Hall–Kier alpha value is -0.770. The summed E-state index contributed by atoms with van der Waals surface area (Å²) in [5.74, 6) is -1.58. The Kier molecular flexibility index (Phi) is 7.21. The zero-order chi connectivity index (χ0) is 14.3. The van der Waals surface area contributed by atoms with Crippen molar-refractivity contribution in [2.75, 3.05) is 0 Å². The minimum atomic E-state index is -0.906. The number of hydrogen-bond donors (Lipinski definition) is 1. The molecule has 1 aliphatic heterocycles. The Morgan fingerprint density at radius 3 is 2.37 bits per heavy atom. The van der Waals surface area contributed by atoms with Crippen LogP contribution in [0.5, 0.6) is 0 Å². The Labute approximate surface area is 119 Å². The Morgan fingerprint density at radius 1 is 1.21 bits per heavy atom. The Morgan fingerprint density at radius 2 is 1.79 bits per heavy atom. The molecule has 0 aliphatic carbocycles. The lowest BCUT2D eigenvalue weighted by Gasteiger charge is -2.13. The second kappa shape index (κ2) is 8.41. The summed E-state index contributed by atoms with van der Waals surface area (Å²) in [5.41, 5.74) is 0.269. The van der Waals surface area contributed by atoms with Crippen LogP contribution >= 0.6 is 11.8 Å². The van der Waals surface area contributed by atoms with Gasteiger partial charge >= 0.3 is 5.97 Å². The summed E-state index contributed by atoms with van der Waals surface area (Å²) >= 11 is 1.16.